The Bertz CT molecular complexity index is 580. The molecule has 20 heavy (non-hydrogen) atoms. The number of aliphatic hydroxyl groups excluding tert-OH is 1. The van der Waals surface area contributed by atoms with Crippen LogP contribution in [0.2, 0.25) is 0 Å². The number of hydrogen-bond acceptors (Lipinski definition) is 3. The van der Waals surface area contributed by atoms with Gasteiger partial charge in [-0.05, 0) is 33.5 Å². The summed E-state index contributed by atoms with van der Waals surface area (Å²) in [6.07, 6.45) is 0.924. The van der Waals surface area contributed by atoms with Gasteiger partial charge >= 0.3 is 0 Å². The van der Waals surface area contributed by atoms with Gasteiger partial charge in [0, 0.05) is 20.1 Å². The molecule has 1 aromatic carbocycles. The Labute approximate surface area is 127 Å². The molecule has 0 saturated heterocycles. The van der Waals surface area contributed by atoms with Crippen molar-refractivity contribution in [2.24, 2.45) is 7.05 Å². The monoisotopic (exact) mass is 337 g/mol. The summed E-state index contributed by atoms with van der Waals surface area (Å²) in [4.78, 5) is 0. The Morgan fingerprint density at radius 2 is 2.05 bits per heavy atom. The highest BCUT2D eigenvalue weighted by molar-refractivity contribution is 9.10. The maximum atomic E-state index is 9.13. The van der Waals surface area contributed by atoms with Crippen LogP contribution >= 0.6 is 15.9 Å². The standard InChI is InChI=1S/C15H20BrN3O/c1-3-13-15(16)14(19(2)18-13)9-17-8-11-5-4-6-12(7-11)10-20/h4-7,17,20H,3,8-10H2,1-2H3. The van der Waals surface area contributed by atoms with Gasteiger partial charge in [0.15, 0.2) is 0 Å². The Balaban J connectivity index is 1.97. The van der Waals surface area contributed by atoms with Crippen LogP contribution in [0, 0.1) is 0 Å². The lowest BCUT2D eigenvalue weighted by molar-refractivity contribution is 0.281. The van der Waals surface area contributed by atoms with Crippen molar-refractivity contribution in [3.05, 3.63) is 51.3 Å². The third-order valence-electron chi connectivity index (χ3n) is 3.30. The fourth-order valence-electron chi connectivity index (χ4n) is 2.18. The van der Waals surface area contributed by atoms with Crippen molar-refractivity contribution >= 4 is 15.9 Å². The van der Waals surface area contributed by atoms with Gasteiger partial charge in [0.2, 0.25) is 0 Å². The maximum absolute atomic E-state index is 9.13. The number of nitrogens with one attached hydrogen (secondary N) is 1. The molecule has 0 aliphatic heterocycles. The number of benzene rings is 1. The molecule has 1 heterocycles. The van der Waals surface area contributed by atoms with E-state index in [9.17, 15) is 0 Å². The summed E-state index contributed by atoms with van der Waals surface area (Å²) in [6.45, 7) is 3.71. The molecule has 0 fully saturated rings. The van der Waals surface area contributed by atoms with Crippen LogP contribution in [0.1, 0.15) is 29.4 Å². The molecule has 0 atom stereocenters. The number of hydrogen-bond donors (Lipinski definition) is 2. The molecule has 0 aliphatic carbocycles. The first-order valence-corrected chi connectivity index (χ1v) is 7.54. The van der Waals surface area contributed by atoms with Crippen LogP contribution in [0.5, 0.6) is 0 Å². The van der Waals surface area contributed by atoms with Gasteiger partial charge in [-0.3, -0.25) is 4.68 Å². The minimum atomic E-state index is 0.0843. The predicted octanol–water partition coefficient (Wildman–Crippen LogP) is 2.53. The van der Waals surface area contributed by atoms with Crippen molar-refractivity contribution in [1.29, 1.82) is 0 Å². The summed E-state index contributed by atoms with van der Waals surface area (Å²) in [6, 6.07) is 7.97. The first-order valence-electron chi connectivity index (χ1n) is 6.75. The SMILES string of the molecule is CCc1nn(C)c(CNCc2cccc(CO)c2)c1Br. The summed E-state index contributed by atoms with van der Waals surface area (Å²) < 4.78 is 3.01. The van der Waals surface area contributed by atoms with Crippen LogP contribution in [-0.4, -0.2) is 14.9 Å². The van der Waals surface area contributed by atoms with E-state index in [1.165, 1.54) is 5.56 Å². The number of aromatic nitrogens is 2. The molecular weight excluding hydrogens is 318 g/mol. The van der Waals surface area contributed by atoms with Crippen LogP contribution in [-0.2, 0) is 33.2 Å². The second-order valence-electron chi connectivity index (χ2n) is 4.77. The average molecular weight is 338 g/mol. The van der Waals surface area contributed by atoms with E-state index in [0.29, 0.717) is 0 Å². The Morgan fingerprint density at radius 1 is 1.30 bits per heavy atom. The number of aliphatic hydroxyl groups is 1. The highest BCUT2D eigenvalue weighted by atomic mass is 79.9. The van der Waals surface area contributed by atoms with Gasteiger partial charge in [0.25, 0.3) is 0 Å². The number of rotatable bonds is 6. The average Bonchev–Trinajstić information content (AvgIpc) is 2.74. The second-order valence-corrected chi connectivity index (χ2v) is 5.56. The van der Waals surface area contributed by atoms with Crippen LogP contribution in [0.15, 0.2) is 28.7 Å². The zero-order chi connectivity index (χ0) is 14.5. The van der Waals surface area contributed by atoms with E-state index in [0.717, 1.165) is 40.9 Å². The van der Waals surface area contributed by atoms with E-state index >= 15 is 0 Å². The van der Waals surface area contributed by atoms with Gasteiger partial charge in [-0.15, -0.1) is 0 Å². The molecule has 2 rings (SSSR count). The lowest BCUT2D eigenvalue weighted by atomic mass is 10.1. The smallest absolute Gasteiger partial charge is 0.0767 e. The van der Waals surface area contributed by atoms with Gasteiger partial charge in [-0.2, -0.15) is 5.10 Å². The minimum Gasteiger partial charge on any atom is -0.392 e. The van der Waals surface area contributed by atoms with Crippen molar-refractivity contribution in [3.8, 4) is 0 Å². The van der Waals surface area contributed by atoms with Crippen LogP contribution in [0.4, 0.5) is 0 Å². The molecule has 0 bridgehead atoms. The lowest BCUT2D eigenvalue weighted by Gasteiger charge is -2.07. The molecule has 0 radical (unpaired) electrons. The third kappa shape index (κ3) is 3.48. The van der Waals surface area contributed by atoms with Crippen molar-refractivity contribution in [3.63, 3.8) is 0 Å². The van der Waals surface area contributed by atoms with E-state index in [4.69, 9.17) is 5.11 Å². The summed E-state index contributed by atoms with van der Waals surface area (Å²) in [5.74, 6) is 0. The van der Waals surface area contributed by atoms with Crippen LogP contribution in [0.3, 0.4) is 0 Å². The van der Waals surface area contributed by atoms with Gasteiger partial charge in [-0.25, -0.2) is 0 Å². The maximum Gasteiger partial charge on any atom is 0.0767 e. The predicted molar refractivity (Wildman–Crippen MR) is 83.2 cm³/mol. The van der Waals surface area contributed by atoms with Crippen molar-refractivity contribution in [2.45, 2.75) is 33.0 Å². The van der Waals surface area contributed by atoms with E-state index < -0.39 is 0 Å². The van der Waals surface area contributed by atoms with Crippen molar-refractivity contribution in [2.75, 3.05) is 0 Å². The quantitative estimate of drug-likeness (QED) is 0.851. The molecule has 0 aliphatic rings. The normalized spacial score (nSPS) is 11.0. The van der Waals surface area contributed by atoms with Gasteiger partial charge < -0.3 is 10.4 Å². The van der Waals surface area contributed by atoms with E-state index in [1.54, 1.807) is 0 Å². The van der Waals surface area contributed by atoms with Crippen molar-refractivity contribution in [1.82, 2.24) is 15.1 Å². The van der Waals surface area contributed by atoms with Gasteiger partial charge in [0.05, 0.1) is 22.5 Å². The number of nitrogens with zero attached hydrogens (tertiary/aromatic N) is 2. The highest BCUT2D eigenvalue weighted by Gasteiger charge is 2.11. The van der Waals surface area contributed by atoms with Crippen LogP contribution in [0.25, 0.3) is 0 Å². The van der Waals surface area contributed by atoms with Crippen LogP contribution < -0.4 is 5.32 Å². The van der Waals surface area contributed by atoms with Gasteiger partial charge in [-0.1, -0.05) is 31.2 Å². The summed E-state index contributed by atoms with van der Waals surface area (Å²) in [7, 11) is 1.97. The molecule has 1 aromatic heterocycles. The Hall–Kier alpha value is -1.17. The highest BCUT2D eigenvalue weighted by Crippen LogP contribution is 2.21. The zero-order valence-corrected chi connectivity index (χ0v) is 13.4. The first kappa shape index (κ1) is 15.2. The first-order chi connectivity index (χ1) is 9.65. The molecule has 5 heteroatoms. The molecule has 0 amide bonds. The molecule has 2 N–H and O–H groups in total. The van der Waals surface area contributed by atoms with Crippen molar-refractivity contribution < 1.29 is 5.11 Å². The van der Waals surface area contributed by atoms with E-state index in [-0.39, 0.29) is 6.61 Å². The molecule has 0 saturated carbocycles. The Morgan fingerprint density at radius 3 is 2.70 bits per heavy atom. The molecule has 0 unspecified atom stereocenters. The molecular formula is C15H20BrN3O. The number of halogens is 1. The number of aryl methyl sites for hydroxylation is 2. The summed E-state index contributed by atoms with van der Waals surface area (Å²) in [5.41, 5.74) is 4.36. The van der Waals surface area contributed by atoms with E-state index in [1.807, 2.05) is 29.9 Å². The fraction of sp³-hybridized carbons (Fsp3) is 0.400. The van der Waals surface area contributed by atoms with E-state index in [2.05, 4.69) is 39.3 Å². The Kier molecular flexibility index (Phi) is 5.34. The fourth-order valence-corrected chi connectivity index (χ4v) is 2.93. The zero-order valence-electron chi connectivity index (χ0n) is 11.9. The molecule has 0 spiro atoms. The summed E-state index contributed by atoms with van der Waals surface area (Å²) in [5, 5.41) is 17.0. The largest absolute Gasteiger partial charge is 0.392 e. The molecule has 2 aromatic rings. The topological polar surface area (TPSA) is 50.1 Å². The van der Waals surface area contributed by atoms with Gasteiger partial charge in [0.1, 0.15) is 0 Å². The molecule has 108 valence electrons. The second kappa shape index (κ2) is 7.02. The third-order valence-corrected chi connectivity index (χ3v) is 4.21. The summed E-state index contributed by atoms with van der Waals surface area (Å²) >= 11 is 3.62. The molecule has 4 nitrogen and oxygen atoms in total. The minimum absolute atomic E-state index is 0.0843. The lowest BCUT2D eigenvalue weighted by Crippen LogP contribution is -2.15.